The summed E-state index contributed by atoms with van der Waals surface area (Å²) in [4.78, 5) is 62.3. The molecule has 2 rings (SSSR count). The molecule has 13 nitrogen and oxygen atoms in total. The van der Waals surface area contributed by atoms with E-state index in [2.05, 4.69) is 16.0 Å². The first-order valence-corrected chi connectivity index (χ1v) is 14.6. The Hall–Kier alpha value is -4.39. The van der Waals surface area contributed by atoms with E-state index in [9.17, 15) is 29.3 Å². The number of methoxy groups -OCH3 is 1. The monoisotopic (exact) mass is 648 g/mol. The molecule has 2 aromatic rings. The number of rotatable bonds is 11. The largest absolute Gasteiger partial charge is 0.496 e. The molecule has 0 fully saturated rings. The number of carbonyl (C=O) groups is 4. The molecule has 0 saturated heterocycles. The Morgan fingerprint density at radius 3 is 2.18 bits per heavy atom. The van der Waals surface area contributed by atoms with Crippen LogP contribution in [0.3, 0.4) is 0 Å². The van der Waals surface area contributed by atoms with Gasteiger partial charge in [0.15, 0.2) is 0 Å². The van der Waals surface area contributed by atoms with Crippen molar-refractivity contribution in [3.63, 3.8) is 0 Å². The van der Waals surface area contributed by atoms with Crippen molar-refractivity contribution < 1.29 is 38.3 Å². The first-order valence-electron chi connectivity index (χ1n) is 14.3. The van der Waals surface area contributed by atoms with E-state index in [1.165, 1.54) is 25.3 Å². The fraction of sp³-hybridized carbons (Fsp3) is 0.484. The van der Waals surface area contributed by atoms with Gasteiger partial charge in [-0.2, -0.15) is 0 Å². The summed E-state index contributed by atoms with van der Waals surface area (Å²) in [7, 11) is 1.46. The maximum Gasteiger partial charge on any atom is 0.407 e. The van der Waals surface area contributed by atoms with Crippen LogP contribution in [0.25, 0.3) is 0 Å². The lowest BCUT2D eigenvalue weighted by Gasteiger charge is -2.23. The molecule has 45 heavy (non-hydrogen) atoms. The zero-order valence-electron chi connectivity index (χ0n) is 26.7. The van der Waals surface area contributed by atoms with Crippen LogP contribution >= 0.6 is 11.6 Å². The quantitative estimate of drug-likeness (QED) is 0.153. The predicted octanol–water partition coefficient (Wildman–Crippen LogP) is 5.87. The second kappa shape index (κ2) is 15.6. The summed E-state index contributed by atoms with van der Waals surface area (Å²) >= 11 is 6.16. The number of imide groups is 1. The van der Waals surface area contributed by atoms with Gasteiger partial charge in [-0.05, 0) is 89.8 Å². The smallest absolute Gasteiger partial charge is 0.407 e. The predicted molar refractivity (Wildman–Crippen MR) is 167 cm³/mol. The van der Waals surface area contributed by atoms with Crippen LogP contribution in [0.1, 0.15) is 82.4 Å². The van der Waals surface area contributed by atoms with Crippen LogP contribution in [0.15, 0.2) is 36.4 Å². The van der Waals surface area contributed by atoms with E-state index in [4.69, 9.17) is 25.8 Å². The lowest BCUT2D eigenvalue weighted by molar-refractivity contribution is -0.385. The molecule has 0 aromatic heterocycles. The normalized spacial score (nSPS) is 12.7. The number of hydrogen-bond donors (Lipinski definition) is 3. The molecule has 0 aliphatic heterocycles. The summed E-state index contributed by atoms with van der Waals surface area (Å²) in [5.41, 5.74) is -1.44. The Balaban J connectivity index is 2.26. The van der Waals surface area contributed by atoms with E-state index in [0.717, 1.165) is 0 Å². The number of benzene rings is 2. The first-order chi connectivity index (χ1) is 20.8. The van der Waals surface area contributed by atoms with Gasteiger partial charge in [-0.1, -0.05) is 24.6 Å². The Morgan fingerprint density at radius 1 is 0.978 bits per heavy atom. The van der Waals surface area contributed by atoms with Gasteiger partial charge in [-0.3, -0.25) is 20.2 Å². The number of nitro benzene ring substituents is 1. The summed E-state index contributed by atoms with van der Waals surface area (Å²) in [5.74, 6) is -2.06. The molecule has 2 unspecified atom stereocenters. The first kappa shape index (κ1) is 36.8. The summed E-state index contributed by atoms with van der Waals surface area (Å²) in [6.45, 7) is 11.6. The van der Waals surface area contributed by atoms with Gasteiger partial charge < -0.3 is 24.8 Å². The fourth-order valence-corrected chi connectivity index (χ4v) is 4.40. The number of halogens is 1. The van der Waals surface area contributed by atoms with Crippen LogP contribution in [-0.2, 0) is 20.7 Å². The molecule has 0 saturated carbocycles. The number of urea groups is 1. The Bertz CT molecular complexity index is 1420. The van der Waals surface area contributed by atoms with Crippen molar-refractivity contribution in [2.75, 3.05) is 13.7 Å². The van der Waals surface area contributed by atoms with E-state index < -0.39 is 57.8 Å². The molecule has 246 valence electrons. The van der Waals surface area contributed by atoms with Crippen molar-refractivity contribution in [3.8, 4) is 5.75 Å². The molecule has 3 N–H and O–H groups in total. The summed E-state index contributed by atoms with van der Waals surface area (Å²) < 4.78 is 15.9. The molecule has 0 aliphatic rings. The van der Waals surface area contributed by atoms with Gasteiger partial charge in [-0.15, -0.1) is 0 Å². The highest BCUT2D eigenvalue weighted by Crippen LogP contribution is 2.28. The third-order valence-corrected chi connectivity index (χ3v) is 6.40. The number of hydrogen-bond acceptors (Lipinski definition) is 9. The minimum atomic E-state index is -0.954. The van der Waals surface area contributed by atoms with Crippen LogP contribution in [0.4, 0.5) is 15.3 Å². The fourth-order valence-electron chi connectivity index (χ4n) is 4.20. The topological polar surface area (TPSA) is 175 Å². The van der Waals surface area contributed by atoms with E-state index >= 15 is 0 Å². The van der Waals surface area contributed by atoms with Crippen molar-refractivity contribution >= 4 is 41.3 Å². The molecule has 0 heterocycles. The zero-order valence-corrected chi connectivity index (χ0v) is 27.5. The number of carbonyl (C=O) groups excluding carboxylic acids is 4. The minimum Gasteiger partial charge on any atom is -0.496 e. The maximum atomic E-state index is 13.3. The highest BCUT2D eigenvalue weighted by molar-refractivity contribution is 6.30. The molecule has 0 spiro atoms. The SMILES string of the molecule is CCC(NC(=O)NC(=O)C(CNC(=O)OC(C)(C)C)Cc1cc(Cl)ccc1OC)c1ccc(C(=O)OC(C)(C)C)c([N+](=O)[O-])c1. The Labute approximate surface area is 267 Å². The van der Waals surface area contributed by atoms with Crippen LogP contribution in [0, 0.1) is 16.0 Å². The molecule has 14 heteroatoms. The van der Waals surface area contributed by atoms with E-state index in [-0.39, 0.29) is 18.5 Å². The van der Waals surface area contributed by atoms with E-state index in [1.54, 1.807) is 66.7 Å². The second-order valence-electron chi connectivity index (χ2n) is 12.2. The molecule has 2 atom stereocenters. The van der Waals surface area contributed by atoms with Gasteiger partial charge in [0.2, 0.25) is 5.91 Å². The number of esters is 1. The minimum absolute atomic E-state index is 0.0498. The van der Waals surface area contributed by atoms with Crippen molar-refractivity contribution in [1.82, 2.24) is 16.0 Å². The van der Waals surface area contributed by atoms with Crippen molar-refractivity contribution in [3.05, 3.63) is 68.2 Å². The van der Waals surface area contributed by atoms with Gasteiger partial charge >= 0.3 is 18.1 Å². The van der Waals surface area contributed by atoms with Gasteiger partial charge in [0.25, 0.3) is 5.69 Å². The number of nitrogens with zero attached hydrogens (tertiary/aromatic N) is 1. The summed E-state index contributed by atoms with van der Waals surface area (Å²) in [6, 6.07) is 7.19. The standard InChI is InChI=1S/C31H41ClN4O9/c1-9-23(18-10-12-22(24(16-18)36(41)42)27(38)44-30(2,3)4)34-28(39)35-26(37)20(17-33-29(40)45-31(5,6)7)14-19-15-21(32)11-13-25(19)43-8/h10-13,15-16,20,23H,9,14,17H2,1-8H3,(H,33,40)(H2,34,35,37,39). The lowest BCUT2D eigenvalue weighted by atomic mass is 9.97. The highest BCUT2D eigenvalue weighted by atomic mass is 35.5. The number of nitrogens with one attached hydrogen (secondary N) is 3. The molecular formula is C31H41ClN4O9. The van der Waals surface area contributed by atoms with Crippen LogP contribution in [0.2, 0.25) is 5.02 Å². The molecule has 2 aromatic carbocycles. The van der Waals surface area contributed by atoms with Gasteiger partial charge in [0.05, 0.1) is 24.0 Å². The van der Waals surface area contributed by atoms with Gasteiger partial charge in [0, 0.05) is 17.6 Å². The number of ether oxygens (including phenoxy) is 3. The van der Waals surface area contributed by atoms with Crippen LogP contribution in [0.5, 0.6) is 5.75 Å². The Morgan fingerprint density at radius 2 is 1.62 bits per heavy atom. The number of alkyl carbamates (subject to hydrolysis) is 1. The molecular weight excluding hydrogens is 608 g/mol. The average Bonchev–Trinajstić information content (AvgIpc) is 2.91. The van der Waals surface area contributed by atoms with Crippen LogP contribution < -0.4 is 20.7 Å². The molecule has 0 bridgehead atoms. The number of amides is 4. The zero-order chi connectivity index (χ0) is 34.1. The van der Waals surface area contributed by atoms with Gasteiger partial charge in [-0.25, -0.2) is 14.4 Å². The highest BCUT2D eigenvalue weighted by Gasteiger charge is 2.29. The van der Waals surface area contributed by atoms with Crippen molar-refractivity contribution in [1.29, 1.82) is 0 Å². The third-order valence-electron chi connectivity index (χ3n) is 6.16. The van der Waals surface area contributed by atoms with Gasteiger partial charge in [0.1, 0.15) is 22.5 Å². The lowest BCUT2D eigenvalue weighted by Crippen LogP contribution is -2.47. The van der Waals surface area contributed by atoms with E-state index in [0.29, 0.717) is 28.3 Å². The van der Waals surface area contributed by atoms with Crippen LogP contribution in [-0.4, -0.2) is 53.8 Å². The summed E-state index contributed by atoms with van der Waals surface area (Å²) in [5, 5.41) is 19.7. The average molecular weight is 649 g/mol. The molecule has 0 radical (unpaired) electrons. The maximum absolute atomic E-state index is 13.3. The molecule has 4 amide bonds. The van der Waals surface area contributed by atoms with E-state index in [1.807, 2.05) is 0 Å². The summed E-state index contributed by atoms with van der Waals surface area (Å²) in [6.07, 6.45) is -0.396. The third kappa shape index (κ3) is 11.9. The van der Waals surface area contributed by atoms with Crippen molar-refractivity contribution in [2.24, 2.45) is 5.92 Å². The second-order valence-corrected chi connectivity index (χ2v) is 12.6. The number of nitro groups is 1. The Kier molecular flexibility index (Phi) is 12.7. The van der Waals surface area contributed by atoms with Crippen molar-refractivity contribution in [2.45, 2.75) is 78.6 Å². The molecule has 0 aliphatic carbocycles.